The molecule has 0 bridgehead atoms. The summed E-state index contributed by atoms with van der Waals surface area (Å²) in [5, 5.41) is 15.2. The minimum Gasteiger partial charge on any atom is -0.497 e. The first kappa shape index (κ1) is 16.4. The minimum absolute atomic E-state index is 0.0548. The molecule has 2 aromatic rings. The molecule has 0 radical (unpaired) electrons. The monoisotopic (exact) mass is 327 g/mol. The first-order chi connectivity index (χ1) is 11.1. The van der Waals surface area contributed by atoms with Gasteiger partial charge in [0, 0.05) is 22.6 Å². The molecular weight excluding hydrogens is 314 g/mol. The normalized spacial score (nSPS) is 10.6. The van der Waals surface area contributed by atoms with E-state index in [0.29, 0.717) is 22.1 Å². The fourth-order valence-corrected chi connectivity index (χ4v) is 1.95. The fourth-order valence-electron chi connectivity index (χ4n) is 1.76. The van der Waals surface area contributed by atoms with Gasteiger partial charge in [0.1, 0.15) is 17.4 Å². The van der Waals surface area contributed by atoms with Gasteiger partial charge in [0.25, 0.3) is 5.91 Å². The largest absolute Gasteiger partial charge is 0.497 e. The highest BCUT2D eigenvalue weighted by Crippen LogP contribution is 2.17. The zero-order chi connectivity index (χ0) is 16.7. The maximum absolute atomic E-state index is 12.1. The lowest BCUT2D eigenvalue weighted by Crippen LogP contribution is -2.14. The molecule has 0 spiro atoms. The third-order valence-corrected chi connectivity index (χ3v) is 3.16. The van der Waals surface area contributed by atoms with Crippen LogP contribution in [-0.4, -0.2) is 13.0 Å². The SMILES string of the molecule is COc1ccc(NC(=O)/C(C#N)=C\Nc2cccc(Cl)c2)cc1. The molecular formula is C17H14ClN3O2. The van der Waals surface area contributed by atoms with E-state index in [-0.39, 0.29) is 5.57 Å². The summed E-state index contributed by atoms with van der Waals surface area (Å²) in [6.45, 7) is 0. The van der Waals surface area contributed by atoms with Crippen LogP contribution in [-0.2, 0) is 4.79 Å². The number of nitriles is 1. The molecule has 2 aromatic carbocycles. The molecule has 0 aliphatic carbocycles. The number of anilines is 2. The van der Waals surface area contributed by atoms with Gasteiger partial charge in [-0.05, 0) is 42.5 Å². The second-order valence-corrected chi connectivity index (χ2v) is 4.94. The number of nitrogens with zero attached hydrogens (tertiary/aromatic N) is 1. The molecule has 0 unspecified atom stereocenters. The molecule has 0 saturated heterocycles. The van der Waals surface area contributed by atoms with Crippen molar-refractivity contribution in [2.75, 3.05) is 17.7 Å². The van der Waals surface area contributed by atoms with E-state index in [1.165, 1.54) is 6.20 Å². The highest BCUT2D eigenvalue weighted by Gasteiger charge is 2.09. The zero-order valence-corrected chi connectivity index (χ0v) is 13.1. The number of rotatable bonds is 5. The summed E-state index contributed by atoms with van der Waals surface area (Å²) in [5.74, 6) is 0.175. The Morgan fingerprint density at radius 3 is 2.57 bits per heavy atom. The molecule has 0 atom stereocenters. The van der Waals surface area contributed by atoms with Crippen LogP contribution >= 0.6 is 11.6 Å². The van der Waals surface area contributed by atoms with Crippen molar-refractivity contribution in [3.05, 3.63) is 65.3 Å². The first-order valence-corrected chi connectivity index (χ1v) is 7.08. The predicted molar refractivity (Wildman–Crippen MR) is 90.4 cm³/mol. The average molecular weight is 328 g/mol. The molecule has 23 heavy (non-hydrogen) atoms. The van der Waals surface area contributed by atoms with E-state index in [1.807, 2.05) is 6.07 Å². The van der Waals surface area contributed by atoms with Crippen LogP contribution in [0.15, 0.2) is 60.3 Å². The van der Waals surface area contributed by atoms with Gasteiger partial charge in [-0.25, -0.2) is 0 Å². The van der Waals surface area contributed by atoms with E-state index in [2.05, 4.69) is 10.6 Å². The Hall–Kier alpha value is -2.97. The minimum atomic E-state index is -0.507. The van der Waals surface area contributed by atoms with Crippen LogP contribution in [0.4, 0.5) is 11.4 Å². The molecule has 116 valence electrons. The summed E-state index contributed by atoms with van der Waals surface area (Å²) < 4.78 is 5.04. The summed E-state index contributed by atoms with van der Waals surface area (Å²) in [4.78, 5) is 12.1. The Morgan fingerprint density at radius 2 is 1.96 bits per heavy atom. The fraction of sp³-hybridized carbons (Fsp3) is 0.0588. The molecule has 0 aliphatic rings. The van der Waals surface area contributed by atoms with Crippen LogP contribution in [0, 0.1) is 11.3 Å². The van der Waals surface area contributed by atoms with Crippen molar-refractivity contribution in [3.8, 4) is 11.8 Å². The number of amides is 1. The van der Waals surface area contributed by atoms with Crippen molar-refractivity contribution >= 4 is 28.9 Å². The van der Waals surface area contributed by atoms with Crippen molar-refractivity contribution in [1.82, 2.24) is 0 Å². The number of hydrogen-bond acceptors (Lipinski definition) is 4. The van der Waals surface area contributed by atoms with Crippen LogP contribution < -0.4 is 15.4 Å². The molecule has 0 saturated carbocycles. The number of halogens is 1. The molecule has 0 aliphatic heterocycles. The lowest BCUT2D eigenvalue weighted by Gasteiger charge is -2.06. The van der Waals surface area contributed by atoms with Crippen molar-refractivity contribution < 1.29 is 9.53 Å². The summed E-state index contributed by atoms with van der Waals surface area (Å²) in [7, 11) is 1.56. The Labute approximate surface area is 139 Å². The van der Waals surface area contributed by atoms with Crippen LogP contribution in [0.5, 0.6) is 5.75 Å². The molecule has 6 heteroatoms. The van der Waals surface area contributed by atoms with Gasteiger partial charge in [-0.15, -0.1) is 0 Å². The Morgan fingerprint density at radius 1 is 1.22 bits per heavy atom. The Kier molecular flexibility index (Phi) is 5.61. The van der Waals surface area contributed by atoms with E-state index in [9.17, 15) is 4.79 Å². The molecule has 0 heterocycles. The molecule has 0 fully saturated rings. The van der Waals surface area contributed by atoms with E-state index in [1.54, 1.807) is 55.6 Å². The molecule has 2 N–H and O–H groups in total. The molecule has 2 rings (SSSR count). The average Bonchev–Trinajstić information content (AvgIpc) is 2.56. The third-order valence-electron chi connectivity index (χ3n) is 2.92. The van der Waals surface area contributed by atoms with Gasteiger partial charge in [-0.2, -0.15) is 5.26 Å². The Bertz CT molecular complexity index is 764. The highest BCUT2D eigenvalue weighted by molar-refractivity contribution is 6.30. The van der Waals surface area contributed by atoms with Crippen molar-refractivity contribution in [3.63, 3.8) is 0 Å². The van der Waals surface area contributed by atoms with Crippen molar-refractivity contribution in [1.29, 1.82) is 5.26 Å². The number of methoxy groups -OCH3 is 1. The van der Waals surface area contributed by atoms with Gasteiger partial charge in [-0.3, -0.25) is 4.79 Å². The van der Waals surface area contributed by atoms with Crippen LogP contribution in [0.25, 0.3) is 0 Å². The molecule has 0 aromatic heterocycles. The summed E-state index contributed by atoms with van der Waals surface area (Å²) in [6, 6.07) is 15.6. The summed E-state index contributed by atoms with van der Waals surface area (Å²) >= 11 is 5.87. The van der Waals surface area contributed by atoms with Crippen molar-refractivity contribution in [2.45, 2.75) is 0 Å². The van der Waals surface area contributed by atoms with E-state index in [4.69, 9.17) is 21.6 Å². The Balaban J connectivity index is 2.05. The van der Waals surface area contributed by atoms with Gasteiger partial charge in [-0.1, -0.05) is 17.7 Å². The van der Waals surface area contributed by atoms with Gasteiger partial charge >= 0.3 is 0 Å². The second kappa shape index (κ2) is 7.87. The smallest absolute Gasteiger partial charge is 0.267 e. The maximum atomic E-state index is 12.1. The van der Waals surface area contributed by atoms with E-state index >= 15 is 0 Å². The summed E-state index contributed by atoms with van der Waals surface area (Å²) in [5.41, 5.74) is 1.20. The van der Waals surface area contributed by atoms with Gasteiger partial charge < -0.3 is 15.4 Å². The number of nitrogens with one attached hydrogen (secondary N) is 2. The van der Waals surface area contributed by atoms with E-state index < -0.39 is 5.91 Å². The number of ether oxygens (including phenoxy) is 1. The quantitative estimate of drug-likeness (QED) is 0.647. The summed E-state index contributed by atoms with van der Waals surface area (Å²) in [6.07, 6.45) is 1.34. The first-order valence-electron chi connectivity index (χ1n) is 6.70. The van der Waals surface area contributed by atoms with Gasteiger partial charge in [0.05, 0.1) is 7.11 Å². The number of carbonyl (C=O) groups excluding carboxylic acids is 1. The van der Waals surface area contributed by atoms with Gasteiger partial charge in [0.2, 0.25) is 0 Å². The van der Waals surface area contributed by atoms with Crippen LogP contribution in [0.3, 0.4) is 0 Å². The number of carbonyl (C=O) groups is 1. The standard InChI is InChI=1S/C17H14ClN3O2/c1-23-16-7-5-14(6-8-16)21-17(22)12(10-19)11-20-15-4-2-3-13(18)9-15/h2-9,11,20H,1H3,(H,21,22)/b12-11-. The maximum Gasteiger partial charge on any atom is 0.267 e. The number of benzene rings is 2. The number of hydrogen-bond donors (Lipinski definition) is 2. The van der Waals surface area contributed by atoms with Crippen LogP contribution in [0.2, 0.25) is 5.02 Å². The van der Waals surface area contributed by atoms with Crippen molar-refractivity contribution in [2.24, 2.45) is 0 Å². The predicted octanol–water partition coefficient (Wildman–Crippen LogP) is 3.81. The van der Waals surface area contributed by atoms with Crippen LogP contribution in [0.1, 0.15) is 0 Å². The lowest BCUT2D eigenvalue weighted by molar-refractivity contribution is -0.112. The molecule has 1 amide bonds. The second-order valence-electron chi connectivity index (χ2n) is 4.51. The topological polar surface area (TPSA) is 74.1 Å². The molecule has 5 nitrogen and oxygen atoms in total. The zero-order valence-electron chi connectivity index (χ0n) is 12.3. The van der Waals surface area contributed by atoms with E-state index in [0.717, 1.165) is 0 Å². The van der Waals surface area contributed by atoms with Gasteiger partial charge in [0.15, 0.2) is 0 Å². The third kappa shape index (κ3) is 4.77. The highest BCUT2D eigenvalue weighted by atomic mass is 35.5. The lowest BCUT2D eigenvalue weighted by atomic mass is 10.2.